The van der Waals surface area contributed by atoms with Crippen molar-refractivity contribution < 1.29 is 14.3 Å². The summed E-state index contributed by atoms with van der Waals surface area (Å²) in [6.45, 7) is 0. The zero-order chi connectivity index (χ0) is 20.4. The van der Waals surface area contributed by atoms with E-state index in [0.717, 1.165) is 18.5 Å². The molecule has 1 unspecified atom stereocenters. The van der Waals surface area contributed by atoms with Crippen molar-refractivity contribution in [3.8, 4) is 5.75 Å². The van der Waals surface area contributed by atoms with Gasteiger partial charge in [-0.2, -0.15) is 0 Å². The van der Waals surface area contributed by atoms with E-state index in [1.165, 1.54) is 36.4 Å². The number of amidine groups is 1. The molecule has 8 heteroatoms. The summed E-state index contributed by atoms with van der Waals surface area (Å²) in [6.07, 6.45) is 3.39. The minimum Gasteiger partial charge on any atom is -0.495 e. The van der Waals surface area contributed by atoms with Crippen molar-refractivity contribution >= 4 is 51.7 Å². The lowest BCUT2D eigenvalue weighted by atomic mass is 10.1. The largest absolute Gasteiger partial charge is 0.495 e. The number of fused-ring (bicyclic) bond motifs is 1. The molecule has 0 bridgehead atoms. The third kappa shape index (κ3) is 4.57. The van der Waals surface area contributed by atoms with Crippen molar-refractivity contribution in [2.45, 2.75) is 30.9 Å². The first-order valence-electron chi connectivity index (χ1n) is 9.33. The van der Waals surface area contributed by atoms with Crippen LogP contribution in [0, 0.1) is 0 Å². The molecule has 2 aromatic carbocycles. The maximum absolute atomic E-state index is 12.4. The van der Waals surface area contributed by atoms with Gasteiger partial charge in [-0.25, -0.2) is 4.99 Å². The van der Waals surface area contributed by atoms with E-state index in [9.17, 15) is 9.59 Å². The Morgan fingerprint density at radius 3 is 2.93 bits per heavy atom. The lowest BCUT2D eigenvalue weighted by molar-refractivity contribution is -0.122. The number of carbonyl (C=O) groups excluding carboxylic acids is 2. The Bertz CT molecular complexity index is 1010. The fraction of sp³-hybridized carbons (Fsp3) is 0.286. The number of hydrogen-bond acceptors (Lipinski definition) is 5. The van der Waals surface area contributed by atoms with Gasteiger partial charge in [-0.3, -0.25) is 9.59 Å². The summed E-state index contributed by atoms with van der Waals surface area (Å²) in [5.41, 5.74) is 4.00. The van der Waals surface area contributed by atoms with Crippen LogP contribution in [-0.2, 0) is 22.4 Å². The number of ether oxygens (including phenoxy) is 1. The van der Waals surface area contributed by atoms with Gasteiger partial charge in [-0.1, -0.05) is 29.4 Å². The SMILES string of the molecule is COc1ccc(Cl)cc1NC(=O)CC1SC(=Nc2ccc3c(c2)CCC3)NC1=O. The summed E-state index contributed by atoms with van der Waals surface area (Å²) < 4.78 is 5.23. The molecule has 2 N–H and O–H groups in total. The molecule has 2 aliphatic rings. The summed E-state index contributed by atoms with van der Waals surface area (Å²) in [5, 5.41) is 6.00. The number of halogens is 1. The molecule has 1 atom stereocenters. The van der Waals surface area contributed by atoms with Gasteiger partial charge in [-0.15, -0.1) is 0 Å². The fourth-order valence-electron chi connectivity index (χ4n) is 3.48. The van der Waals surface area contributed by atoms with E-state index in [1.807, 2.05) is 6.07 Å². The van der Waals surface area contributed by atoms with E-state index in [1.54, 1.807) is 18.2 Å². The first-order valence-corrected chi connectivity index (χ1v) is 10.6. The van der Waals surface area contributed by atoms with Gasteiger partial charge in [0.1, 0.15) is 11.0 Å². The van der Waals surface area contributed by atoms with Gasteiger partial charge in [0, 0.05) is 11.4 Å². The zero-order valence-electron chi connectivity index (χ0n) is 15.8. The number of benzene rings is 2. The Morgan fingerprint density at radius 2 is 2.10 bits per heavy atom. The third-order valence-corrected chi connectivity index (χ3v) is 6.21. The molecule has 6 nitrogen and oxygen atoms in total. The van der Waals surface area contributed by atoms with Crippen LogP contribution < -0.4 is 15.4 Å². The molecular weight excluding hydrogens is 410 g/mol. The van der Waals surface area contributed by atoms with Crippen molar-refractivity contribution in [3.63, 3.8) is 0 Å². The highest BCUT2D eigenvalue weighted by molar-refractivity contribution is 8.15. The molecule has 1 saturated heterocycles. The van der Waals surface area contributed by atoms with Gasteiger partial charge in [0.15, 0.2) is 5.17 Å². The number of rotatable bonds is 5. The van der Waals surface area contributed by atoms with Gasteiger partial charge < -0.3 is 15.4 Å². The van der Waals surface area contributed by atoms with Crippen molar-refractivity contribution in [3.05, 3.63) is 52.5 Å². The molecule has 2 amide bonds. The standard InChI is InChI=1S/C21H20ClN3O3S/c1-28-17-8-6-14(22)10-16(17)24-19(26)11-18-20(27)25-21(29-18)23-15-7-5-12-3-2-4-13(12)9-15/h5-10,18H,2-4,11H2,1H3,(H,24,26)(H,23,25,27). The van der Waals surface area contributed by atoms with Crippen molar-refractivity contribution in [1.82, 2.24) is 5.32 Å². The molecular formula is C21H20ClN3O3S. The van der Waals surface area contributed by atoms with E-state index in [-0.39, 0.29) is 18.2 Å². The molecule has 1 aliphatic heterocycles. The van der Waals surface area contributed by atoms with Crippen LogP contribution in [0.5, 0.6) is 5.75 Å². The number of aryl methyl sites for hydroxylation is 2. The van der Waals surface area contributed by atoms with Gasteiger partial charge in [0.25, 0.3) is 0 Å². The number of methoxy groups -OCH3 is 1. The number of hydrogen-bond donors (Lipinski definition) is 2. The maximum atomic E-state index is 12.4. The summed E-state index contributed by atoms with van der Waals surface area (Å²) in [7, 11) is 1.51. The van der Waals surface area contributed by atoms with Crippen LogP contribution in [-0.4, -0.2) is 29.3 Å². The normalized spacial score (nSPS) is 19.2. The van der Waals surface area contributed by atoms with E-state index in [2.05, 4.69) is 27.8 Å². The van der Waals surface area contributed by atoms with Crippen LogP contribution in [0.3, 0.4) is 0 Å². The molecule has 0 aromatic heterocycles. The Labute approximate surface area is 178 Å². The third-order valence-electron chi connectivity index (χ3n) is 4.90. The smallest absolute Gasteiger partial charge is 0.240 e. The molecule has 150 valence electrons. The predicted molar refractivity (Wildman–Crippen MR) is 116 cm³/mol. The van der Waals surface area contributed by atoms with Gasteiger partial charge in [-0.05, 0) is 60.7 Å². The topological polar surface area (TPSA) is 79.8 Å². The Kier molecular flexibility index (Phi) is 5.78. The summed E-state index contributed by atoms with van der Waals surface area (Å²) in [6, 6.07) is 11.1. The second-order valence-electron chi connectivity index (χ2n) is 6.92. The van der Waals surface area contributed by atoms with Crippen LogP contribution in [0.15, 0.2) is 41.4 Å². The number of nitrogens with one attached hydrogen (secondary N) is 2. The lowest BCUT2D eigenvalue weighted by Crippen LogP contribution is -2.28. The summed E-state index contributed by atoms with van der Waals surface area (Å²) in [4.78, 5) is 29.3. The highest BCUT2D eigenvalue weighted by atomic mass is 35.5. The molecule has 1 aliphatic carbocycles. The Balaban J connectivity index is 1.41. The zero-order valence-corrected chi connectivity index (χ0v) is 17.4. The quantitative estimate of drug-likeness (QED) is 0.750. The number of nitrogens with zero attached hydrogens (tertiary/aromatic N) is 1. The number of anilines is 1. The van der Waals surface area contributed by atoms with Gasteiger partial charge >= 0.3 is 0 Å². The predicted octanol–water partition coefficient (Wildman–Crippen LogP) is 4.09. The molecule has 1 heterocycles. The minimum atomic E-state index is -0.534. The fourth-order valence-corrected chi connectivity index (χ4v) is 4.64. The van der Waals surface area contributed by atoms with Crippen LogP contribution in [0.1, 0.15) is 24.0 Å². The van der Waals surface area contributed by atoms with E-state index < -0.39 is 5.25 Å². The average Bonchev–Trinajstić information content (AvgIpc) is 3.28. The Morgan fingerprint density at radius 1 is 1.28 bits per heavy atom. The number of thioether (sulfide) groups is 1. The van der Waals surface area contributed by atoms with Crippen LogP contribution >= 0.6 is 23.4 Å². The van der Waals surface area contributed by atoms with Gasteiger partial charge in [0.05, 0.1) is 18.5 Å². The summed E-state index contributed by atoms with van der Waals surface area (Å²) in [5.74, 6) is -0.00902. The first kappa shape index (κ1) is 19.8. The highest BCUT2D eigenvalue weighted by Crippen LogP contribution is 2.31. The molecule has 0 radical (unpaired) electrons. The number of amides is 2. The minimum absolute atomic E-state index is 0.0232. The Hall–Kier alpha value is -2.51. The van der Waals surface area contributed by atoms with Crippen LogP contribution in [0.2, 0.25) is 5.02 Å². The summed E-state index contributed by atoms with van der Waals surface area (Å²) >= 11 is 7.26. The highest BCUT2D eigenvalue weighted by Gasteiger charge is 2.32. The monoisotopic (exact) mass is 429 g/mol. The van der Waals surface area contributed by atoms with Crippen molar-refractivity contribution in [2.75, 3.05) is 12.4 Å². The molecule has 29 heavy (non-hydrogen) atoms. The van der Waals surface area contributed by atoms with Crippen LogP contribution in [0.4, 0.5) is 11.4 Å². The van der Waals surface area contributed by atoms with Gasteiger partial charge in [0.2, 0.25) is 11.8 Å². The average molecular weight is 430 g/mol. The molecule has 2 aromatic rings. The number of carbonyl (C=O) groups is 2. The first-order chi connectivity index (χ1) is 14.0. The van der Waals surface area contributed by atoms with E-state index >= 15 is 0 Å². The number of aliphatic imine (C=N–C) groups is 1. The van der Waals surface area contributed by atoms with Crippen LogP contribution in [0.25, 0.3) is 0 Å². The van der Waals surface area contributed by atoms with Crippen molar-refractivity contribution in [1.29, 1.82) is 0 Å². The molecule has 0 saturated carbocycles. The van der Waals surface area contributed by atoms with Crippen molar-refractivity contribution in [2.24, 2.45) is 4.99 Å². The van der Waals surface area contributed by atoms with E-state index in [4.69, 9.17) is 16.3 Å². The second-order valence-corrected chi connectivity index (χ2v) is 8.54. The lowest BCUT2D eigenvalue weighted by Gasteiger charge is -2.11. The molecule has 4 rings (SSSR count). The maximum Gasteiger partial charge on any atom is 0.240 e. The molecule has 0 spiro atoms. The van der Waals surface area contributed by atoms with E-state index in [0.29, 0.717) is 21.6 Å². The molecule has 1 fully saturated rings. The second kappa shape index (κ2) is 8.47.